The second kappa shape index (κ2) is 7.70. The molecule has 1 aromatic carbocycles. The lowest BCUT2D eigenvalue weighted by atomic mass is 10.3. The van der Waals surface area contributed by atoms with Gasteiger partial charge in [-0.1, -0.05) is 6.07 Å². The van der Waals surface area contributed by atoms with E-state index in [1.807, 2.05) is 11.9 Å². The van der Waals surface area contributed by atoms with Gasteiger partial charge in [0.1, 0.15) is 12.4 Å². The van der Waals surface area contributed by atoms with Crippen molar-refractivity contribution in [3.8, 4) is 5.75 Å². The zero-order valence-electron chi connectivity index (χ0n) is 11.3. The van der Waals surface area contributed by atoms with Crippen LogP contribution in [0.1, 0.15) is 13.3 Å². The number of nitro groups is 1. The van der Waals surface area contributed by atoms with E-state index in [1.54, 1.807) is 19.1 Å². The fraction of sp³-hybridized carbons (Fsp3) is 0.538. The molecule has 1 aromatic rings. The van der Waals surface area contributed by atoms with Gasteiger partial charge < -0.3 is 14.7 Å². The Hall–Kier alpha value is -1.66. The van der Waals surface area contributed by atoms with Crippen molar-refractivity contribution in [2.75, 3.05) is 26.7 Å². The van der Waals surface area contributed by atoms with Crippen LogP contribution in [-0.4, -0.2) is 47.8 Å². The Morgan fingerprint density at radius 3 is 2.84 bits per heavy atom. The van der Waals surface area contributed by atoms with Crippen molar-refractivity contribution in [1.29, 1.82) is 0 Å². The highest BCUT2D eigenvalue weighted by atomic mass is 16.6. The van der Waals surface area contributed by atoms with Crippen LogP contribution in [0.25, 0.3) is 0 Å². The standard InChI is InChI=1S/C13H20N2O4/c1-11(16)6-7-14(2)8-9-19-13-5-3-4-12(10-13)15(17)18/h3-5,10-11,16H,6-9H2,1-2H3. The van der Waals surface area contributed by atoms with Crippen molar-refractivity contribution in [2.24, 2.45) is 0 Å². The van der Waals surface area contributed by atoms with E-state index < -0.39 is 4.92 Å². The van der Waals surface area contributed by atoms with Crippen molar-refractivity contribution in [1.82, 2.24) is 4.90 Å². The predicted molar refractivity (Wildman–Crippen MR) is 72.4 cm³/mol. The van der Waals surface area contributed by atoms with Crippen LogP contribution in [0, 0.1) is 10.1 Å². The fourth-order valence-electron chi connectivity index (χ4n) is 1.53. The molecule has 0 aliphatic heterocycles. The van der Waals surface area contributed by atoms with Gasteiger partial charge in [0.2, 0.25) is 0 Å². The predicted octanol–water partition coefficient (Wildman–Crippen LogP) is 1.68. The summed E-state index contributed by atoms with van der Waals surface area (Å²) < 4.78 is 5.47. The Kier molecular flexibility index (Phi) is 6.24. The lowest BCUT2D eigenvalue weighted by molar-refractivity contribution is -0.384. The normalized spacial score (nSPS) is 12.4. The van der Waals surface area contributed by atoms with E-state index in [4.69, 9.17) is 9.84 Å². The Labute approximate surface area is 112 Å². The van der Waals surface area contributed by atoms with Crippen LogP contribution in [0.15, 0.2) is 24.3 Å². The molecule has 1 atom stereocenters. The van der Waals surface area contributed by atoms with Crippen molar-refractivity contribution < 1.29 is 14.8 Å². The lowest BCUT2D eigenvalue weighted by Gasteiger charge is -2.17. The lowest BCUT2D eigenvalue weighted by Crippen LogP contribution is -2.27. The molecule has 0 bridgehead atoms. The molecule has 0 aliphatic rings. The van der Waals surface area contributed by atoms with Gasteiger partial charge in [-0.15, -0.1) is 0 Å². The van der Waals surface area contributed by atoms with Crippen LogP contribution in [0.2, 0.25) is 0 Å². The zero-order valence-corrected chi connectivity index (χ0v) is 11.3. The summed E-state index contributed by atoms with van der Waals surface area (Å²) >= 11 is 0. The molecule has 0 radical (unpaired) electrons. The zero-order chi connectivity index (χ0) is 14.3. The summed E-state index contributed by atoms with van der Waals surface area (Å²) in [6.45, 7) is 3.70. The third-order valence-corrected chi connectivity index (χ3v) is 2.70. The molecular formula is C13H20N2O4. The first-order valence-corrected chi connectivity index (χ1v) is 6.23. The van der Waals surface area contributed by atoms with E-state index >= 15 is 0 Å². The van der Waals surface area contributed by atoms with Gasteiger partial charge in [0, 0.05) is 19.2 Å². The van der Waals surface area contributed by atoms with Gasteiger partial charge in [-0.3, -0.25) is 10.1 Å². The second-order valence-corrected chi connectivity index (χ2v) is 4.54. The summed E-state index contributed by atoms with van der Waals surface area (Å²) in [5.74, 6) is 0.498. The van der Waals surface area contributed by atoms with Crippen LogP contribution >= 0.6 is 0 Å². The molecule has 6 heteroatoms. The van der Waals surface area contributed by atoms with E-state index in [-0.39, 0.29) is 11.8 Å². The number of nitro benzene ring substituents is 1. The van der Waals surface area contributed by atoms with E-state index in [0.29, 0.717) is 25.3 Å². The summed E-state index contributed by atoms with van der Waals surface area (Å²) in [6.07, 6.45) is 0.410. The number of nitrogens with zero attached hydrogens (tertiary/aromatic N) is 2. The van der Waals surface area contributed by atoms with E-state index in [9.17, 15) is 10.1 Å². The summed E-state index contributed by atoms with van der Waals surface area (Å²) in [6, 6.07) is 6.14. The first-order valence-electron chi connectivity index (χ1n) is 6.23. The Morgan fingerprint density at radius 1 is 1.47 bits per heavy atom. The van der Waals surface area contributed by atoms with Crippen LogP contribution in [0.3, 0.4) is 0 Å². The monoisotopic (exact) mass is 268 g/mol. The Balaban J connectivity index is 2.32. The first kappa shape index (κ1) is 15.4. The van der Waals surface area contributed by atoms with Crippen LogP contribution in [0.5, 0.6) is 5.75 Å². The highest BCUT2D eigenvalue weighted by molar-refractivity contribution is 5.37. The van der Waals surface area contributed by atoms with Crippen molar-refractivity contribution in [3.63, 3.8) is 0 Å². The van der Waals surface area contributed by atoms with Gasteiger partial charge in [0.25, 0.3) is 5.69 Å². The molecule has 6 nitrogen and oxygen atoms in total. The number of hydrogen-bond acceptors (Lipinski definition) is 5. The topological polar surface area (TPSA) is 75.8 Å². The van der Waals surface area contributed by atoms with Crippen molar-refractivity contribution in [2.45, 2.75) is 19.4 Å². The van der Waals surface area contributed by atoms with Crippen molar-refractivity contribution >= 4 is 5.69 Å². The SMILES string of the molecule is CC(O)CCN(C)CCOc1cccc([N+](=O)[O-])c1. The number of hydrogen-bond donors (Lipinski definition) is 1. The number of rotatable bonds is 8. The molecule has 1 unspecified atom stereocenters. The molecule has 0 aromatic heterocycles. The fourth-order valence-corrected chi connectivity index (χ4v) is 1.53. The maximum atomic E-state index is 10.6. The van der Waals surface area contributed by atoms with Gasteiger partial charge in [0.15, 0.2) is 0 Å². The number of benzene rings is 1. The number of aliphatic hydroxyl groups excluding tert-OH is 1. The largest absolute Gasteiger partial charge is 0.492 e. The van der Waals surface area contributed by atoms with Gasteiger partial charge in [-0.2, -0.15) is 0 Å². The molecule has 19 heavy (non-hydrogen) atoms. The van der Waals surface area contributed by atoms with Gasteiger partial charge in [-0.05, 0) is 26.5 Å². The highest BCUT2D eigenvalue weighted by Crippen LogP contribution is 2.18. The average Bonchev–Trinajstić information content (AvgIpc) is 2.36. The quantitative estimate of drug-likeness (QED) is 0.573. The molecule has 0 amide bonds. The van der Waals surface area contributed by atoms with E-state index in [2.05, 4.69) is 0 Å². The van der Waals surface area contributed by atoms with Crippen LogP contribution < -0.4 is 4.74 Å². The number of aliphatic hydroxyl groups is 1. The number of ether oxygens (including phenoxy) is 1. The minimum atomic E-state index is -0.443. The molecular weight excluding hydrogens is 248 g/mol. The van der Waals surface area contributed by atoms with Crippen molar-refractivity contribution in [3.05, 3.63) is 34.4 Å². The Morgan fingerprint density at radius 2 is 2.21 bits per heavy atom. The number of non-ortho nitro benzene ring substituents is 1. The number of likely N-dealkylation sites (N-methyl/N-ethyl adjacent to an activating group) is 1. The molecule has 106 valence electrons. The molecule has 0 saturated carbocycles. The molecule has 0 fully saturated rings. The molecule has 0 aliphatic carbocycles. The first-order chi connectivity index (χ1) is 8.99. The molecule has 1 N–H and O–H groups in total. The van der Waals surface area contributed by atoms with E-state index in [0.717, 1.165) is 6.54 Å². The average molecular weight is 268 g/mol. The maximum Gasteiger partial charge on any atom is 0.273 e. The summed E-state index contributed by atoms with van der Waals surface area (Å²) in [7, 11) is 1.94. The molecule has 0 spiro atoms. The summed E-state index contributed by atoms with van der Waals surface area (Å²) in [4.78, 5) is 12.2. The van der Waals surface area contributed by atoms with Crippen LogP contribution in [0.4, 0.5) is 5.69 Å². The summed E-state index contributed by atoms with van der Waals surface area (Å²) in [5.41, 5.74) is 0.0277. The van der Waals surface area contributed by atoms with Gasteiger partial charge >= 0.3 is 0 Å². The van der Waals surface area contributed by atoms with Gasteiger partial charge in [0.05, 0.1) is 17.1 Å². The smallest absolute Gasteiger partial charge is 0.273 e. The second-order valence-electron chi connectivity index (χ2n) is 4.54. The van der Waals surface area contributed by atoms with Crippen LogP contribution in [-0.2, 0) is 0 Å². The maximum absolute atomic E-state index is 10.6. The molecule has 0 saturated heterocycles. The highest BCUT2D eigenvalue weighted by Gasteiger charge is 2.06. The summed E-state index contributed by atoms with van der Waals surface area (Å²) in [5, 5.41) is 19.8. The minimum Gasteiger partial charge on any atom is -0.492 e. The van der Waals surface area contributed by atoms with E-state index in [1.165, 1.54) is 12.1 Å². The third kappa shape index (κ3) is 6.17. The minimum absolute atomic E-state index is 0.0277. The molecule has 0 heterocycles. The van der Waals surface area contributed by atoms with Gasteiger partial charge in [-0.25, -0.2) is 0 Å². The Bertz CT molecular complexity index is 409. The molecule has 1 rings (SSSR count). The third-order valence-electron chi connectivity index (χ3n) is 2.70.